The molecule has 0 fully saturated rings. The molecule has 5 aromatic rings. The lowest BCUT2D eigenvalue weighted by atomic mass is 9.86. The number of carboxylic acid groups (broad SMARTS) is 1. The van der Waals surface area contributed by atoms with Crippen molar-refractivity contribution in [1.29, 1.82) is 5.26 Å². The number of rotatable bonds is 11. The number of hydrogen-bond acceptors (Lipinski definition) is 7. The van der Waals surface area contributed by atoms with Crippen LogP contribution in [0.3, 0.4) is 0 Å². The second-order valence-electron chi connectivity index (χ2n) is 15.1. The first-order chi connectivity index (χ1) is 29.5. The van der Waals surface area contributed by atoms with E-state index in [2.05, 4.69) is 11.4 Å². The number of carbonyl (C=O) groups excluding carboxylic acids is 2. The van der Waals surface area contributed by atoms with Gasteiger partial charge in [-0.3, -0.25) is 9.59 Å². The number of ether oxygens (including phenoxy) is 3. The van der Waals surface area contributed by atoms with Crippen LogP contribution in [0, 0.1) is 18.3 Å². The average molecular weight is 853 g/mol. The first kappa shape index (κ1) is 41.0. The Morgan fingerprint density at radius 3 is 2.31 bits per heavy atom. The number of nitrogens with zero attached hydrogens (tertiary/aromatic N) is 2. The summed E-state index contributed by atoms with van der Waals surface area (Å²) in [6.07, 6.45) is 3.61. The Morgan fingerprint density at radius 1 is 0.902 bits per heavy atom. The second kappa shape index (κ2) is 17.8. The minimum absolute atomic E-state index is 0.0220. The predicted molar refractivity (Wildman–Crippen MR) is 230 cm³/mol. The SMILES string of the molecule is Cc1cccc(C(=O)N2C=C3CC4=C(C=C3CC2C(=O)NC(Cc2ccc(-c3ccc(C#N)cc3)cc2)C(=O)O)OCC(c2ccc(OCc3ccc(Cl)c(Cl)c3)cc2)O4)c1. The topological polar surface area (TPSA) is 138 Å². The van der Waals surface area contributed by atoms with Crippen LogP contribution >= 0.6 is 23.2 Å². The molecule has 1 aliphatic carbocycles. The number of carboxylic acids is 1. The minimum Gasteiger partial charge on any atom is -0.489 e. The minimum atomic E-state index is -1.26. The average Bonchev–Trinajstić information content (AvgIpc) is 3.28. The zero-order valence-corrected chi connectivity index (χ0v) is 34.5. The molecule has 306 valence electrons. The number of allylic oxidation sites excluding steroid dienone is 2. The second-order valence-corrected chi connectivity index (χ2v) is 15.9. The van der Waals surface area contributed by atoms with Crippen LogP contribution in [0.4, 0.5) is 0 Å². The van der Waals surface area contributed by atoms with Crippen molar-refractivity contribution in [3.05, 3.63) is 194 Å². The van der Waals surface area contributed by atoms with E-state index in [0.29, 0.717) is 57.0 Å². The van der Waals surface area contributed by atoms with Crippen LogP contribution in [0.15, 0.2) is 150 Å². The normalized spacial score (nSPS) is 17.2. The summed E-state index contributed by atoms with van der Waals surface area (Å²) in [7, 11) is 0. The Kier molecular flexibility index (Phi) is 12.0. The number of nitriles is 1. The van der Waals surface area contributed by atoms with Crippen molar-refractivity contribution in [1.82, 2.24) is 10.2 Å². The number of aryl methyl sites for hydroxylation is 1. The number of benzene rings is 5. The molecular weight excluding hydrogens is 813 g/mol. The molecule has 3 aliphatic rings. The van der Waals surface area contributed by atoms with Crippen molar-refractivity contribution in [2.24, 2.45) is 0 Å². The van der Waals surface area contributed by atoms with Gasteiger partial charge in [-0.15, -0.1) is 0 Å². The van der Waals surface area contributed by atoms with E-state index in [1.165, 1.54) is 4.90 Å². The number of nitrogens with one attached hydrogen (secondary N) is 1. The molecule has 0 radical (unpaired) electrons. The molecule has 0 spiro atoms. The highest BCUT2D eigenvalue weighted by molar-refractivity contribution is 6.42. The summed E-state index contributed by atoms with van der Waals surface area (Å²) in [6.45, 7) is 2.46. The molecule has 0 aromatic heterocycles. The first-order valence-corrected chi connectivity index (χ1v) is 20.4. The molecule has 2 aliphatic heterocycles. The number of aliphatic carboxylic acids is 1. The van der Waals surface area contributed by atoms with E-state index in [0.717, 1.165) is 39.0 Å². The number of hydrogen-bond donors (Lipinski definition) is 2. The van der Waals surface area contributed by atoms with Gasteiger partial charge >= 0.3 is 5.97 Å². The van der Waals surface area contributed by atoms with E-state index in [9.17, 15) is 19.5 Å². The van der Waals surface area contributed by atoms with Crippen LogP contribution in [0.5, 0.6) is 5.75 Å². The molecule has 3 atom stereocenters. The highest BCUT2D eigenvalue weighted by Gasteiger charge is 2.39. The molecule has 8 rings (SSSR count). The third-order valence-corrected chi connectivity index (χ3v) is 11.6. The molecule has 2 N–H and O–H groups in total. The Morgan fingerprint density at radius 2 is 1.62 bits per heavy atom. The fourth-order valence-electron chi connectivity index (χ4n) is 7.54. The van der Waals surface area contributed by atoms with Gasteiger partial charge in [0, 0.05) is 31.0 Å². The van der Waals surface area contributed by atoms with Gasteiger partial charge in [-0.1, -0.05) is 95.5 Å². The molecule has 3 unspecified atom stereocenters. The molecular formula is C49H39Cl2N3O7. The molecule has 61 heavy (non-hydrogen) atoms. The van der Waals surface area contributed by atoms with Gasteiger partial charge in [0.15, 0.2) is 11.9 Å². The Bertz CT molecular complexity index is 2650. The van der Waals surface area contributed by atoms with E-state index in [1.54, 1.807) is 48.7 Å². The van der Waals surface area contributed by atoms with Crippen molar-refractivity contribution in [3.8, 4) is 22.9 Å². The molecule has 2 heterocycles. The highest BCUT2D eigenvalue weighted by atomic mass is 35.5. The van der Waals surface area contributed by atoms with E-state index in [-0.39, 0.29) is 25.4 Å². The summed E-state index contributed by atoms with van der Waals surface area (Å²) in [6, 6.07) is 34.4. The lowest BCUT2D eigenvalue weighted by Gasteiger charge is -2.38. The number of halogens is 2. The van der Waals surface area contributed by atoms with Crippen LogP contribution in [-0.4, -0.2) is 46.5 Å². The zero-order valence-electron chi connectivity index (χ0n) is 32.9. The number of carbonyl (C=O) groups is 3. The van der Waals surface area contributed by atoms with E-state index >= 15 is 0 Å². The fourth-order valence-corrected chi connectivity index (χ4v) is 7.86. The monoisotopic (exact) mass is 851 g/mol. The highest BCUT2D eigenvalue weighted by Crippen LogP contribution is 2.42. The van der Waals surface area contributed by atoms with Crippen molar-refractivity contribution in [2.45, 2.75) is 51.0 Å². The van der Waals surface area contributed by atoms with E-state index in [1.807, 2.05) is 85.8 Å². The molecule has 0 saturated carbocycles. The maximum Gasteiger partial charge on any atom is 0.326 e. The summed E-state index contributed by atoms with van der Waals surface area (Å²) < 4.78 is 18.7. The first-order valence-electron chi connectivity index (χ1n) is 19.6. The third-order valence-electron chi connectivity index (χ3n) is 10.9. The molecule has 12 heteroatoms. The van der Waals surface area contributed by atoms with Gasteiger partial charge in [0.1, 0.15) is 36.8 Å². The summed E-state index contributed by atoms with van der Waals surface area (Å²) in [5.74, 6) is -0.355. The van der Waals surface area contributed by atoms with Gasteiger partial charge in [0.25, 0.3) is 5.91 Å². The third kappa shape index (κ3) is 9.34. The van der Waals surface area contributed by atoms with Gasteiger partial charge in [0.05, 0.1) is 21.7 Å². The Balaban J connectivity index is 0.981. The zero-order chi connectivity index (χ0) is 42.6. The van der Waals surface area contributed by atoms with Crippen molar-refractivity contribution in [2.75, 3.05) is 6.61 Å². The summed E-state index contributed by atoms with van der Waals surface area (Å²) in [5, 5.41) is 23.1. The van der Waals surface area contributed by atoms with Crippen LogP contribution in [0.1, 0.15) is 57.1 Å². The fraction of sp³-hybridized carbons (Fsp3) is 0.184. The Labute approximate surface area is 362 Å². The maximum atomic E-state index is 14.2. The van der Waals surface area contributed by atoms with E-state index in [4.69, 9.17) is 42.7 Å². The van der Waals surface area contributed by atoms with Crippen LogP contribution in [-0.2, 0) is 32.1 Å². The summed E-state index contributed by atoms with van der Waals surface area (Å²) in [4.78, 5) is 42.4. The van der Waals surface area contributed by atoms with Gasteiger partial charge in [-0.05, 0) is 100 Å². The number of amides is 2. The summed E-state index contributed by atoms with van der Waals surface area (Å²) >= 11 is 12.2. The largest absolute Gasteiger partial charge is 0.489 e. The van der Waals surface area contributed by atoms with Gasteiger partial charge in [0.2, 0.25) is 5.91 Å². The molecule has 0 saturated heterocycles. The molecule has 5 aromatic carbocycles. The maximum absolute atomic E-state index is 14.2. The molecule has 2 amide bonds. The van der Waals surface area contributed by atoms with Gasteiger partial charge in [-0.2, -0.15) is 5.26 Å². The molecule has 0 bridgehead atoms. The smallest absolute Gasteiger partial charge is 0.326 e. The lowest BCUT2D eigenvalue weighted by molar-refractivity contribution is -0.142. The molecule has 10 nitrogen and oxygen atoms in total. The number of fused-ring (bicyclic) bond motifs is 1. The van der Waals surface area contributed by atoms with E-state index < -0.39 is 30.1 Å². The standard InChI is InChI=1S/C49H39Cl2N3O7/c1-29-3-2-4-36(19-29)48(56)54-26-38-24-45-44(60-28-46(61-45)35-14-16-39(17-15-35)59-27-32-9-18-40(50)41(51)20-32)23-37(38)22-43(54)47(55)53-42(49(57)58)21-30-5-10-33(11-6-30)34-12-7-31(25-52)8-13-34/h2-20,23,26,42-43,46H,21-22,24,27-28H2,1H3,(H,53,55)(H,57,58). The lowest BCUT2D eigenvalue weighted by Crippen LogP contribution is -2.53. The quantitative estimate of drug-likeness (QED) is 0.134. The van der Waals surface area contributed by atoms with Crippen LogP contribution in [0.2, 0.25) is 10.0 Å². The predicted octanol–water partition coefficient (Wildman–Crippen LogP) is 9.66. The van der Waals surface area contributed by atoms with Crippen molar-refractivity contribution in [3.63, 3.8) is 0 Å². The van der Waals surface area contributed by atoms with Gasteiger partial charge < -0.3 is 29.5 Å². The summed E-state index contributed by atoms with van der Waals surface area (Å²) in [5.41, 5.74) is 7.72. The van der Waals surface area contributed by atoms with Crippen molar-refractivity contribution < 1.29 is 33.7 Å². The Hall–Kier alpha value is -6.80. The van der Waals surface area contributed by atoms with Crippen LogP contribution in [0.25, 0.3) is 11.1 Å². The van der Waals surface area contributed by atoms with Crippen LogP contribution < -0.4 is 10.1 Å². The van der Waals surface area contributed by atoms with Crippen molar-refractivity contribution >= 4 is 41.0 Å². The van der Waals surface area contributed by atoms with Gasteiger partial charge in [-0.25, -0.2) is 4.79 Å².